The molecule has 0 aromatic heterocycles. The number of rotatable bonds is 9. The Kier molecular flexibility index (Phi) is 6.94. The van der Waals surface area contributed by atoms with Gasteiger partial charge in [-0.2, -0.15) is 5.26 Å². The molecule has 27 heavy (non-hydrogen) atoms. The van der Waals surface area contributed by atoms with Gasteiger partial charge in [-0.25, -0.2) is 0 Å². The minimum Gasteiger partial charge on any atom is -0.299 e. The molecule has 1 aliphatic rings. The van der Waals surface area contributed by atoms with Crippen LogP contribution in [0.1, 0.15) is 50.2 Å². The van der Waals surface area contributed by atoms with Gasteiger partial charge in [-0.15, -0.1) is 0 Å². The highest BCUT2D eigenvalue weighted by atomic mass is 35.5. The van der Waals surface area contributed by atoms with Gasteiger partial charge in [0.1, 0.15) is 0 Å². The molecule has 0 bridgehead atoms. The molecule has 0 radical (unpaired) electrons. The summed E-state index contributed by atoms with van der Waals surface area (Å²) in [5.74, 6) is 0.437. The van der Waals surface area contributed by atoms with Gasteiger partial charge >= 0.3 is 0 Å². The third kappa shape index (κ3) is 4.54. The number of nitrogens with zero attached hydrogens (tertiary/aromatic N) is 2. The molecule has 2 nitrogen and oxygen atoms in total. The first-order valence-corrected chi connectivity index (χ1v) is 10.5. The van der Waals surface area contributed by atoms with Crippen molar-refractivity contribution < 1.29 is 0 Å². The molecule has 1 saturated carbocycles. The van der Waals surface area contributed by atoms with Crippen molar-refractivity contribution in [2.45, 2.75) is 51.0 Å². The smallest absolute Gasteiger partial charge is 0.0865 e. The summed E-state index contributed by atoms with van der Waals surface area (Å²) >= 11 is 6.53. The minimum atomic E-state index is -0.442. The number of hydrogen-bond donors (Lipinski definition) is 0. The Balaban J connectivity index is 1.70. The van der Waals surface area contributed by atoms with Gasteiger partial charge in [-0.05, 0) is 61.9 Å². The van der Waals surface area contributed by atoms with Crippen molar-refractivity contribution in [3.05, 3.63) is 70.7 Å². The molecule has 0 saturated heterocycles. The van der Waals surface area contributed by atoms with Crippen molar-refractivity contribution in [3.63, 3.8) is 0 Å². The topological polar surface area (TPSA) is 27.0 Å². The quantitative estimate of drug-likeness (QED) is 0.517. The molecule has 1 atom stereocenters. The molecule has 3 rings (SSSR count). The molecule has 2 aromatic rings. The Morgan fingerprint density at radius 3 is 2.41 bits per heavy atom. The summed E-state index contributed by atoms with van der Waals surface area (Å²) < 4.78 is 0. The molecule has 0 heterocycles. The normalized spacial score (nSPS) is 16.5. The lowest BCUT2D eigenvalue weighted by Crippen LogP contribution is -2.39. The lowest BCUT2D eigenvalue weighted by atomic mass is 9.61. The second-order valence-corrected chi connectivity index (χ2v) is 8.06. The molecule has 1 aliphatic carbocycles. The Hall–Kier alpha value is -1.82. The lowest BCUT2D eigenvalue weighted by molar-refractivity contribution is 0.184. The van der Waals surface area contributed by atoms with E-state index in [2.05, 4.69) is 54.3 Å². The van der Waals surface area contributed by atoms with E-state index in [1.54, 1.807) is 0 Å². The van der Waals surface area contributed by atoms with Crippen LogP contribution in [0.25, 0.3) is 0 Å². The van der Waals surface area contributed by atoms with Gasteiger partial charge in [0, 0.05) is 11.6 Å². The summed E-state index contributed by atoms with van der Waals surface area (Å²) in [7, 11) is 0. The van der Waals surface area contributed by atoms with Crippen LogP contribution in [0.2, 0.25) is 5.02 Å². The molecular formula is C24H29ClN2. The van der Waals surface area contributed by atoms with Gasteiger partial charge in [-0.1, -0.05) is 73.5 Å². The van der Waals surface area contributed by atoms with Crippen LogP contribution in [0.3, 0.4) is 0 Å². The summed E-state index contributed by atoms with van der Waals surface area (Å²) in [5, 5.41) is 11.0. The van der Waals surface area contributed by atoms with Crippen LogP contribution in [0, 0.1) is 17.2 Å². The third-order valence-corrected chi connectivity index (χ3v) is 6.43. The van der Waals surface area contributed by atoms with Crippen LogP contribution in [0.5, 0.6) is 0 Å². The first-order chi connectivity index (χ1) is 13.2. The summed E-state index contributed by atoms with van der Waals surface area (Å²) in [4.78, 5) is 2.46. The first kappa shape index (κ1) is 19.9. The highest BCUT2D eigenvalue weighted by Gasteiger charge is 2.44. The zero-order valence-corrected chi connectivity index (χ0v) is 17.0. The minimum absolute atomic E-state index is 0.437. The van der Waals surface area contributed by atoms with Crippen LogP contribution >= 0.6 is 11.6 Å². The number of hydrogen-bond acceptors (Lipinski definition) is 2. The van der Waals surface area contributed by atoms with E-state index in [4.69, 9.17) is 11.6 Å². The van der Waals surface area contributed by atoms with Gasteiger partial charge in [0.05, 0.1) is 11.5 Å². The second-order valence-electron chi connectivity index (χ2n) is 7.65. The molecule has 0 N–H and O–H groups in total. The number of benzene rings is 2. The van der Waals surface area contributed by atoms with E-state index < -0.39 is 5.41 Å². The Morgan fingerprint density at radius 2 is 1.81 bits per heavy atom. The highest BCUT2D eigenvalue weighted by molar-refractivity contribution is 6.31. The zero-order valence-electron chi connectivity index (χ0n) is 16.2. The molecule has 0 amide bonds. The van der Waals surface area contributed by atoms with Crippen molar-refractivity contribution in [3.8, 4) is 6.07 Å². The summed E-state index contributed by atoms with van der Waals surface area (Å²) in [5.41, 5.74) is 1.93. The van der Waals surface area contributed by atoms with Gasteiger partial charge in [0.15, 0.2) is 0 Å². The maximum atomic E-state index is 10.2. The number of halogens is 1. The fourth-order valence-corrected chi connectivity index (χ4v) is 4.57. The second kappa shape index (κ2) is 9.40. The van der Waals surface area contributed by atoms with E-state index in [1.165, 1.54) is 12.0 Å². The zero-order chi connectivity index (χ0) is 19.1. The van der Waals surface area contributed by atoms with Crippen molar-refractivity contribution >= 4 is 11.6 Å². The van der Waals surface area contributed by atoms with E-state index in [0.29, 0.717) is 5.92 Å². The van der Waals surface area contributed by atoms with Crippen molar-refractivity contribution in [1.29, 1.82) is 5.26 Å². The fraction of sp³-hybridized carbons (Fsp3) is 0.458. The predicted octanol–water partition coefficient (Wildman–Crippen LogP) is 6.20. The largest absolute Gasteiger partial charge is 0.299 e. The molecular weight excluding hydrogens is 352 g/mol. The van der Waals surface area contributed by atoms with E-state index in [-0.39, 0.29) is 0 Å². The van der Waals surface area contributed by atoms with Gasteiger partial charge in [0.25, 0.3) is 0 Å². The molecule has 1 fully saturated rings. The summed E-state index contributed by atoms with van der Waals surface area (Å²) in [6.45, 7) is 5.20. The molecule has 2 aromatic carbocycles. The third-order valence-electron chi connectivity index (χ3n) is 6.10. The van der Waals surface area contributed by atoms with Crippen LogP contribution < -0.4 is 0 Å². The first-order valence-electron chi connectivity index (χ1n) is 10.1. The van der Waals surface area contributed by atoms with E-state index in [9.17, 15) is 5.26 Å². The van der Waals surface area contributed by atoms with Crippen LogP contribution in [-0.2, 0) is 12.0 Å². The standard InChI is InChI=1S/C24H29ClN2/c1-2-27(18-20-10-4-3-5-11-20)17-9-16-24(19-26,21-12-8-13-21)22-14-6-7-15-23(22)25/h3-7,10-11,14-15,21H,2,8-9,12-13,16-18H2,1H3. The highest BCUT2D eigenvalue weighted by Crippen LogP contribution is 2.48. The van der Waals surface area contributed by atoms with Crippen molar-refractivity contribution in [2.75, 3.05) is 13.1 Å². The lowest BCUT2D eigenvalue weighted by Gasteiger charge is -2.42. The Labute approximate surface area is 168 Å². The number of nitriles is 1. The van der Waals surface area contributed by atoms with E-state index in [0.717, 1.165) is 55.9 Å². The van der Waals surface area contributed by atoms with Crippen LogP contribution in [0.4, 0.5) is 0 Å². The summed E-state index contributed by atoms with van der Waals surface area (Å²) in [6.07, 6.45) is 5.40. The van der Waals surface area contributed by atoms with E-state index in [1.807, 2.05) is 18.2 Å². The van der Waals surface area contributed by atoms with Crippen molar-refractivity contribution in [1.82, 2.24) is 4.90 Å². The Bertz CT molecular complexity index is 763. The van der Waals surface area contributed by atoms with Gasteiger partial charge in [-0.3, -0.25) is 4.90 Å². The van der Waals surface area contributed by atoms with Crippen LogP contribution in [0.15, 0.2) is 54.6 Å². The van der Waals surface area contributed by atoms with Gasteiger partial charge in [0.2, 0.25) is 0 Å². The maximum Gasteiger partial charge on any atom is 0.0865 e. The maximum absolute atomic E-state index is 10.2. The predicted molar refractivity (Wildman–Crippen MR) is 113 cm³/mol. The summed E-state index contributed by atoms with van der Waals surface area (Å²) in [6, 6.07) is 21.3. The van der Waals surface area contributed by atoms with E-state index >= 15 is 0 Å². The molecule has 142 valence electrons. The molecule has 0 aliphatic heterocycles. The SMILES string of the molecule is CCN(CCCC(C#N)(c1ccccc1Cl)C1CCC1)Cc1ccccc1. The molecule has 0 spiro atoms. The molecule has 1 unspecified atom stereocenters. The van der Waals surface area contributed by atoms with Crippen LogP contribution in [-0.4, -0.2) is 18.0 Å². The average molecular weight is 381 g/mol. The Morgan fingerprint density at radius 1 is 1.11 bits per heavy atom. The van der Waals surface area contributed by atoms with Gasteiger partial charge < -0.3 is 0 Å². The monoisotopic (exact) mass is 380 g/mol. The average Bonchev–Trinajstić information content (AvgIpc) is 2.66. The fourth-order valence-electron chi connectivity index (χ4n) is 4.26. The van der Waals surface area contributed by atoms with Crippen molar-refractivity contribution in [2.24, 2.45) is 5.92 Å². The molecule has 3 heteroatoms.